The zero-order chi connectivity index (χ0) is 15.0. The van der Waals surface area contributed by atoms with Crippen LogP contribution in [0.1, 0.15) is 12.5 Å². The van der Waals surface area contributed by atoms with E-state index in [1.807, 2.05) is 30.3 Å². The Bertz CT molecular complexity index is 480. The fraction of sp³-hybridized carbons (Fsp3) is 0.308. The standard InChI is InChI=1S/C13H16N2O3S2/c1-9(16)15-11(12(17)18)8-20-13(19)14-7-10-5-3-2-4-6-10/h2-6,11H,7-8H2,1H3,(H,14,19)(H,15,16)(H,17,18). The second-order valence-electron chi connectivity index (χ2n) is 4.03. The van der Waals surface area contributed by atoms with Gasteiger partial charge in [0, 0.05) is 19.2 Å². The summed E-state index contributed by atoms with van der Waals surface area (Å²) in [7, 11) is 0. The van der Waals surface area contributed by atoms with Crippen LogP contribution in [-0.2, 0) is 16.1 Å². The highest BCUT2D eigenvalue weighted by Crippen LogP contribution is 2.07. The molecule has 1 aromatic carbocycles. The van der Waals surface area contributed by atoms with Gasteiger partial charge in [-0.3, -0.25) is 4.79 Å². The summed E-state index contributed by atoms with van der Waals surface area (Å²) < 4.78 is 0.505. The largest absolute Gasteiger partial charge is 0.480 e. The molecule has 5 nitrogen and oxygen atoms in total. The summed E-state index contributed by atoms with van der Waals surface area (Å²) in [6.07, 6.45) is 0. The molecule has 3 N–H and O–H groups in total. The number of carboxylic acid groups (broad SMARTS) is 1. The van der Waals surface area contributed by atoms with Crippen LogP contribution in [0.2, 0.25) is 0 Å². The smallest absolute Gasteiger partial charge is 0.327 e. The Morgan fingerprint density at radius 1 is 1.35 bits per heavy atom. The molecule has 0 radical (unpaired) electrons. The summed E-state index contributed by atoms with van der Waals surface area (Å²) in [5, 5.41) is 14.3. The minimum absolute atomic E-state index is 0.190. The number of carboxylic acids is 1. The molecule has 0 saturated carbocycles. The van der Waals surface area contributed by atoms with Gasteiger partial charge in [0.1, 0.15) is 10.4 Å². The lowest BCUT2D eigenvalue weighted by atomic mass is 10.2. The van der Waals surface area contributed by atoms with Crippen molar-refractivity contribution < 1.29 is 14.7 Å². The number of hydrogen-bond donors (Lipinski definition) is 3. The lowest BCUT2D eigenvalue weighted by molar-refractivity contribution is -0.140. The molecule has 1 rings (SSSR count). The molecule has 20 heavy (non-hydrogen) atoms. The lowest BCUT2D eigenvalue weighted by Crippen LogP contribution is -2.42. The quantitative estimate of drug-likeness (QED) is 0.689. The van der Waals surface area contributed by atoms with Gasteiger partial charge in [0.25, 0.3) is 0 Å². The second kappa shape index (κ2) is 8.55. The van der Waals surface area contributed by atoms with Crippen LogP contribution in [0, 0.1) is 0 Å². The van der Waals surface area contributed by atoms with E-state index in [2.05, 4.69) is 10.6 Å². The van der Waals surface area contributed by atoms with Crippen molar-refractivity contribution in [2.75, 3.05) is 5.75 Å². The fourth-order valence-electron chi connectivity index (χ4n) is 1.40. The SMILES string of the molecule is CC(=O)NC(CSC(=S)NCc1ccccc1)C(=O)O. The summed E-state index contributed by atoms with van der Waals surface area (Å²) in [5.41, 5.74) is 1.09. The van der Waals surface area contributed by atoms with E-state index in [0.717, 1.165) is 5.56 Å². The molecule has 0 aliphatic rings. The van der Waals surface area contributed by atoms with E-state index < -0.39 is 12.0 Å². The number of nitrogens with one attached hydrogen (secondary N) is 2. The number of amides is 1. The molecule has 0 aliphatic carbocycles. The Labute approximate surface area is 127 Å². The van der Waals surface area contributed by atoms with Gasteiger partial charge < -0.3 is 15.7 Å². The van der Waals surface area contributed by atoms with Crippen molar-refractivity contribution in [3.63, 3.8) is 0 Å². The first kappa shape index (κ1) is 16.5. The number of thioether (sulfide) groups is 1. The van der Waals surface area contributed by atoms with Gasteiger partial charge in [0.2, 0.25) is 5.91 Å². The van der Waals surface area contributed by atoms with Gasteiger partial charge in [-0.1, -0.05) is 54.3 Å². The van der Waals surface area contributed by atoms with E-state index in [9.17, 15) is 9.59 Å². The molecule has 0 spiro atoms. The minimum atomic E-state index is -1.07. The van der Waals surface area contributed by atoms with Gasteiger partial charge in [0.05, 0.1) is 0 Å². The first-order valence-corrected chi connectivity index (χ1v) is 7.33. The number of aliphatic carboxylic acids is 1. The van der Waals surface area contributed by atoms with Crippen molar-refractivity contribution in [3.8, 4) is 0 Å². The Hall–Kier alpha value is -1.60. The third kappa shape index (κ3) is 6.53. The maximum atomic E-state index is 10.9. The van der Waals surface area contributed by atoms with Gasteiger partial charge in [-0.05, 0) is 5.56 Å². The van der Waals surface area contributed by atoms with Crippen LogP contribution in [0.3, 0.4) is 0 Å². The molecule has 1 amide bonds. The first-order chi connectivity index (χ1) is 9.49. The highest BCUT2D eigenvalue weighted by atomic mass is 32.2. The second-order valence-corrected chi connectivity index (χ2v) is 5.73. The van der Waals surface area contributed by atoms with E-state index in [0.29, 0.717) is 10.9 Å². The van der Waals surface area contributed by atoms with Crippen LogP contribution in [0.15, 0.2) is 30.3 Å². The molecule has 0 aliphatic heterocycles. The van der Waals surface area contributed by atoms with Crippen molar-refractivity contribution >= 4 is 40.2 Å². The van der Waals surface area contributed by atoms with Crippen LogP contribution in [-0.4, -0.2) is 33.1 Å². The molecule has 0 aromatic heterocycles. The number of rotatable bonds is 6. The molecular weight excluding hydrogens is 296 g/mol. The van der Waals surface area contributed by atoms with E-state index in [-0.39, 0.29) is 11.7 Å². The summed E-state index contributed by atoms with van der Waals surface area (Å²) >= 11 is 6.32. The summed E-state index contributed by atoms with van der Waals surface area (Å²) in [6.45, 7) is 1.87. The molecule has 1 aromatic rings. The first-order valence-electron chi connectivity index (χ1n) is 5.93. The average molecular weight is 312 g/mol. The van der Waals surface area contributed by atoms with Crippen LogP contribution in [0.5, 0.6) is 0 Å². The average Bonchev–Trinajstić information content (AvgIpc) is 2.41. The molecule has 0 fully saturated rings. The maximum Gasteiger partial charge on any atom is 0.327 e. The molecule has 108 valence electrons. The number of benzene rings is 1. The molecule has 0 bridgehead atoms. The van der Waals surface area contributed by atoms with Gasteiger partial charge >= 0.3 is 5.97 Å². The van der Waals surface area contributed by atoms with Crippen LogP contribution in [0.4, 0.5) is 0 Å². The van der Waals surface area contributed by atoms with E-state index in [4.69, 9.17) is 17.3 Å². The fourth-order valence-corrected chi connectivity index (χ4v) is 2.39. The maximum absolute atomic E-state index is 10.9. The Morgan fingerprint density at radius 2 is 2.00 bits per heavy atom. The lowest BCUT2D eigenvalue weighted by Gasteiger charge is -2.13. The predicted molar refractivity (Wildman–Crippen MR) is 83.6 cm³/mol. The van der Waals surface area contributed by atoms with E-state index in [1.165, 1.54) is 18.7 Å². The summed E-state index contributed by atoms with van der Waals surface area (Å²) in [5.74, 6) is -1.25. The Kier molecular flexibility index (Phi) is 7.03. The minimum Gasteiger partial charge on any atom is -0.480 e. The molecular formula is C13H16N2O3S2. The van der Waals surface area contributed by atoms with E-state index >= 15 is 0 Å². The topological polar surface area (TPSA) is 78.4 Å². The van der Waals surface area contributed by atoms with Crippen LogP contribution >= 0.6 is 24.0 Å². The normalized spacial score (nSPS) is 11.4. The molecule has 0 heterocycles. The van der Waals surface area contributed by atoms with Crippen molar-refractivity contribution in [2.45, 2.75) is 19.5 Å². The number of hydrogen-bond acceptors (Lipinski definition) is 4. The molecule has 1 unspecified atom stereocenters. The summed E-state index contributed by atoms with van der Waals surface area (Å²) in [6, 6.07) is 8.81. The monoisotopic (exact) mass is 312 g/mol. The molecule has 7 heteroatoms. The zero-order valence-corrected chi connectivity index (χ0v) is 12.6. The number of carbonyl (C=O) groups excluding carboxylic acids is 1. The van der Waals surface area contributed by atoms with Crippen molar-refractivity contribution in [2.24, 2.45) is 0 Å². The van der Waals surface area contributed by atoms with Gasteiger partial charge in [-0.25, -0.2) is 4.79 Å². The number of carbonyl (C=O) groups is 2. The van der Waals surface area contributed by atoms with Gasteiger partial charge in [-0.2, -0.15) is 0 Å². The van der Waals surface area contributed by atoms with Crippen molar-refractivity contribution in [1.82, 2.24) is 10.6 Å². The third-order valence-electron chi connectivity index (χ3n) is 2.34. The zero-order valence-electron chi connectivity index (χ0n) is 11.0. The van der Waals surface area contributed by atoms with E-state index in [1.54, 1.807) is 0 Å². The Morgan fingerprint density at radius 3 is 2.55 bits per heavy atom. The van der Waals surface area contributed by atoms with Gasteiger partial charge in [-0.15, -0.1) is 0 Å². The highest BCUT2D eigenvalue weighted by Gasteiger charge is 2.18. The summed E-state index contributed by atoms with van der Waals surface area (Å²) in [4.78, 5) is 21.8. The van der Waals surface area contributed by atoms with Crippen LogP contribution in [0.25, 0.3) is 0 Å². The highest BCUT2D eigenvalue weighted by molar-refractivity contribution is 8.23. The van der Waals surface area contributed by atoms with Crippen molar-refractivity contribution in [3.05, 3.63) is 35.9 Å². The third-order valence-corrected chi connectivity index (χ3v) is 3.74. The van der Waals surface area contributed by atoms with Crippen LogP contribution < -0.4 is 10.6 Å². The number of thiocarbonyl (C=S) groups is 1. The Balaban J connectivity index is 2.34. The van der Waals surface area contributed by atoms with Gasteiger partial charge in [0.15, 0.2) is 0 Å². The molecule has 0 saturated heterocycles. The van der Waals surface area contributed by atoms with Crippen molar-refractivity contribution in [1.29, 1.82) is 0 Å². The molecule has 1 atom stereocenters. The predicted octanol–water partition coefficient (Wildman–Crippen LogP) is 1.38.